The Labute approximate surface area is 63.5 Å². The molecule has 0 aromatic rings. The molecule has 1 heterocycles. The minimum absolute atomic E-state index is 0.589. The molecule has 1 nitrogen and oxygen atoms in total. The van der Waals surface area contributed by atoms with Crippen molar-refractivity contribution < 1.29 is 0 Å². The van der Waals surface area contributed by atoms with E-state index < -0.39 is 0 Å². The first-order chi connectivity index (χ1) is 4.70. The van der Waals surface area contributed by atoms with Crippen LogP contribution in [0, 0.1) is 5.92 Å². The molecule has 0 spiro atoms. The van der Waals surface area contributed by atoms with Crippen molar-refractivity contribution in [2.24, 2.45) is 5.92 Å². The molecule has 0 unspecified atom stereocenters. The third-order valence-corrected chi connectivity index (χ3v) is 2.09. The molecule has 1 aliphatic rings. The Morgan fingerprint density at radius 1 is 1.60 bits per heavy atom. The fourth-order valence-corrected chi connectivity index (χ4v) is 1.39. The summed E-state index contributed by atoms with van der Waals surface area (Å²) >= 11 is 0. The van der Waals surface area contributed by atoms with Crippen LogP contribution in [0.15, 0.2) is 11.6 Å². The third-order valence-electron chi connectivity index (χ3n) is 2.09. The summed E-state index contributed by atoms with van der Waals surface area (Å²) in [6.45, 7) is 7.90. The Morgan fingerprint density at radius 2 is 2.30 bits per heavy atom. The second-order valence-corrected chi connectivity index (χ2v) is 3.39. The van der Waals surface area contributed by atoms with Gasteiger partial charge < -0.3 is 5.32 Å². The zero-order valence-corrected chi connectivity index (χ0v) is 7.15. The summed E-state index contributed by atoms with van der Waals surface area (Å²) < 4.78 is 0. The minimum atomic E-state index is 0.589. The van der Waals surface area contributed by atoms with Gasteiger partial charge >= 0.3 is 0 Å². The van der Waals surface area contributed by atoms with Gasteiger partial charge in [-0.25, -0.2) is 0 Å². The van der Waals surface area contributed by atoms with E-state index in [1.54, 1.807) is 5.57 Å². The first-order valence-electron chi connectivity index (χ1n) is 4.14. The van der Waals surface area contributed by atoms with E-state index in [9.17, 15) is 0 Å². The summed E-state index contributed by atoms with van der Waals surface area (Å²) in [6, 6.07) is 0.589. The lowest BCUT2D eigenvalue weighted by Gasteiger charge is -2.21. The molecule has 1 atom stereocenters. The molecule has 0 fully saturated rings. The molecule has 0 aromatic carbocycles. The largest absolute Gasteiger partial charge is 0.310 e. The first-order valence-corrected chi connectivity index (χ1v) is 4.14. The predicted octanol–water partition coefficient (Wildman–Crippen LogP) is 1.95. The van der Waals surface area contributed by atoms with Crippen LogP contribution in [0.2, 0.25) is 0 Å². The van der Waals surface area contributed by atoms with E-state index in [0.29, 0.717) is 6.04 Å². The van der Waals surface area contributed by atoms with Crippen molar-refractivity contribution in [2.45, 2.75) is 33.2 Å². The van der Waals surface area contributed by atoms with Gasteiger partial charge in [-0.05, 0) is 25.8 Å². The highest BCUT2D eigenvalue weighted by Crippen LogP contribution is 2.16. The van der Waals surface area contributed by atoms with E-state index in [2.05, 4.69) is 32.2 Å². The van der Waals surface area contributed by atoms with Crippen molar-refractivity contribution in [3.05, 3.63) is 11.6 Å². The molecular formula is C9H17N. The third kappa shape index (κ3) is 1.84. The van der Waals surface area contributed by atoms with Crippen molar-refractivity contribution in [1.29, 1.82) is 0 Å². The van der Waals surface area contributed by atoms with Crippen molar-refractivity contribution in [3.63, 3.8) is 0 Å². The van der Waals surface area contributed by atoms with E-state index in [4.69, 9.17) is 0 Å². The summed E-state index contributed by atoms with van der Waals surface area (Å²) in [6.07, 6.45) is 3.59. The van der Waals surface area contributed by atoms with Crippen LogP contribution in [0.4, 0.5) is 0 Å². The monoisotopic (exact) mass is 139 g/mol. The van der Waals surface area contributed by atoms with Crippen molar-refractivity contribution in [1.82, 2.24) is 5.32 Å². The molecule has 0 bridgehead atoms. The summed E-state index contributed by atoms with van der Waals surface area (Å²) in [7, 11) is 0. The van der Waals surface area contributed by atoms with Crippen LogP contribution >= 0.6 is 0 Å². The number of hydrogen-bond acceptors (Lipinski definition) is 1. The maximum absolute atomic E-state index is 3.39. The van der Waals surface area contributed by atoms with Crippen LogP contribution in [0.1, 0.15) is 27.2 Å². The second-order valence-electron chi connectivity index (χ2n) is 3.39. The molecule has 10 heavy (non-hydrogen) atoms. The topological polar surface area (TPSA) is 12.0 Å². The van der Waals surface area contributed by atoms with Gasteiger partial charge in [0.15, 0.2) is 0 Å². The Balaban J connectivity index is 2.57. The predicted molar refractivity (Wildman–Crippen MR) is 45.0 cm³/mol. The smallest absolute Gasteiger partial charge is 0.0224 e. The molecule has 0 aromatic heterocycles. The van der Waals surface area contributed by atoms with Gasteiger partial charge in [-0.2, -0.15) is 0 Å². The highest BCUT2D eigenvalue weighted by Gasteiger charge is 2.10. The average Bonchev–Trinajstić information content (AvgIpc) is 1.88. The van der Waals surface area contributed by atoms with Crippen LogP contribution in [-0.4, -0.2) is 12.6 Å². The van der Waals surface area contributed by atoms with Gasteiger partial charge in [0.05, 0.1) is 0 Å². The molecule has 0 aliphatic carbocycles. The number of rotatable bonds is 1. The number of hydrogen-bond donors (Lipinski definition) is 1. The van der Waals surface area contributed by atoms with Crippen LogP contribution < -0.4 is 5.32 Å². The molecule has 58 valence electrons. The molecule has 1 heteroatoms. The summed E-state index contributed by atoms with van der Waals surface area (Å²) in [5, 5.41) is 3.39. The quantitative estimate of drug-likeness (QED) is 0.547. The fraction of sp³-hybridized carbons (Fsp3) is 0.778. The molecule has 1 N–H and O–H groups in total. The van der Waals surface area contributed by atoms with Crippen molar-refractivity contribution >= 4 is 0 Å². The standard InChI is InChI=1S/C9H17N/c1-7(2)9-4-5-10-8(3)6-9/h6-8,10H,4-5H2,1-3H3/t8-/m0/s1. The SMILES string of the molecule is CC(C)C1=C[C@H](C)NCC1. The van der Waals surface area contributed by atoms with Gasteiger partial charge in [-0.3, -0.25) is 0 Å². The van der Waals surface area contributed by atoms with Gasteiger partial charge in [0.2, 0.25) is 0 Å². The Bertz CT molecular complexity index is 136. The molecule has 0 saturated carbocycles. The Kier molecular flexibility index (Phi) is 2.50. The maximum Gasteiger partial charge on any atom is 0.0224 e. The molecule has 0 radical (unpaired) electrons. The highest BCUT2D eigenvalue weighted by molar-refractivity contribution is 5.11. The van der Waals surface area contributed by atoms with Gasteiger partial charge in [0.1, 0.15) is 0 Å². The van der Waals surface area contributed by atoms with E-state index in [1.165, 1.54) is 6.42 Å². The number of nitrogens with one attached hydrogen (secondary N) is 1. The Morgan fingerprint density at radius 3 is 2.70 bits per heavy atom. The lowest BCUT2D eigenvalue weighted by molar-refractivity contribution is 0.558. The van der Waals surface area contributed by atoms with Crippen molar-refractivity contribution in [3.8, 4) is 0 Å². The molecular weight excluding hydrogens is 122 g/mol. The van der Waals surface area contributed by atoms with Crippen molar-refractivity contribution in [2.75, 3.05) is 6.54 Å². The first kappa shape index (κ1) is 7.80. The van der Waals surface area contributed by atoms with Gasteiger partial charge in [0, 0.05) is 6.04 Å². The van der Waals surface area contributed by atoms with Gasteiger partial charge in [-0.15, -0.1) is 0 Å². The molecule has 1 aliphatic heterocycles. The van der Waals surface area contributed by atoms with E-state index in [0.717, 1.165) is 12.5 Å². The lowest BCUT2D eigenvalue weighted by atomic mass is 9.95. The van der Waals surface area contributed by atoms with Gasteiger partial charge in [-0.1, -0.05) is 25.5 Å². The van der Waals surface area contributed by atoms with E-state index >= 15 is 0 Å². The van der Waals surface area contributed by atoms with E-state index in [-0.39, 0.29) is 0 Å². The van der Waals surface area contributed by atoms with Crippen LogP contribution in [0.3, 0.4) is 0 Å². The van der Waals surface area contributed by atoms with E-state index in [1.807, 2.05) is 0 Å². The van der Waals surface area contributed by atoms with Crippen LogP contribution in [-0.2, 0) is 0 Å². The molecule has 0 saturated heterocycles. The second kappa shape index (κ2) is 3.20. The fourth-order valence-electron chi connectivity index (χ4n) is 1.39. The summed E-state index contributed by atoms with van der Waals surface area (Å²) in [5.41, 5.74) is 1.62. The van der Waals surface area contributed by atoms with Gasteiger partial charge in [0.25, 0.3) is 0 Å². The zero-order valence-electron chi connectivity index (χ0n) is 7.15. The summed E-state index contributed by atoms with van der Waals surface area (Å²) in [4.78, 5) is 0. The highest BCUT2D eigenvalue weighted by atomic mass is 14.9. The Hall–Kier alpha value is -0.300. The molecule has 0 amide bonds. The van der Waals surface area contributed by atoms with Crippen LogP contribution in [0.5, 0.6) is 0 Å². The summed E-state index contributed by atoms with van der Waals surface area (Å²) in [5.74, 6) is 0.740. The zero-order chi connectivity index (χ0) is 7.56. The maximum atomic E-state index is 3.39. The van der Waals surface area contributed by atoms with Crippen LogP contribution in [0.25, 0.3) is 0 Å². The lowest BCUT2D eigenvalue weighted by Crippen LogP contribution is -2.30. The normalized spacial score (nSPS) is 26.8. The average molecular weight is 139 g/mol. The molecule has 1 rings (SSSR count). The minimum Gasteiger partial charge on any atom is -0.310 e.